The van der Waals surface area contributed by atoms with E-state index in [-0.39, 0.29) is 11.6 Å². The first-order chi connectivity index (χ1) is 17.2. The van der Waals surface area contributed by atoms with E-state index in [0.29, 0.717) is 17.0 Å². The summed E-state index contributed by atoms with van der Waals surface area (Å²) in [6, 6.07) is 7.13. The number of allylic oxidation sites excluding steroid dienone is 1. The van der Waals surface area contributed by atoms with Gasteiger partial charge in [-0.2, -0.15) is 4.98 Å². The summed E-state index contributed by atoms with van der Waals surface area (Å²) in [7, 11) is 0. The second-order valence-corrected chi connectivity index (χ2v) is 9.91. The van der Waals surface area contributed by atoms with Crippen LogP contribution in [0.15, 0.2) is 30.5 Å². The third-order valence-corrected chi connectivity index (χ3v) is 7.55. The van der Waals surface area contributed by atoms with E-state index in [2.05, 4.69) is 20.1 Å². The summed E-state index contributed by atoms with van der Waals surface area (Å²) in [4.78, 5) is 32.0. The first-order valence-corrected chi connectivity index (χ1v) is 13.0. The molecule has 0 spiro atoms. The number of pyridine rings is 2. The molecule has 0 radical (unpaired) electrons. The van der Waals surface area contributed by atoms with Gasteiger partial charge in [0.05, 0.1) is 16.1 Å². The van der Waals surface area contributed by atoms with Crippen molar-refractivity contribution in [3.63, 3.8) is 0 Å². The Hall–Kier alpha value is -3.53. The molecule has 0 unspecified atom stereocenters. The number of anilines is 3. The van der Waals surface area contributed by atoms with Gasteiger partial charge in [0.2, 0.25) is 0 Å². The van der Waals surface area contributed by atoms with E-state index in [4.69, 9.17) is 21.1 Å². The molecule has 3 aromatic rings. The normalized spacial score (nSPS) is 17.0. The number of amides is 1. The highest BCUT2D eigenvalue weighted by Crippen LogP contribution is 2.36. The minimum absolute atomic E-state index is 0.256. The highest BCUT2D eigenvalue weighted by Gasteiger charge is 2.22. The fraction of sp³-hybridized carbons (Fsp3) is 0.400. The average Bonchev–Trinajstić information content (AvgIpc) is 3.33. The minimum atomic E-state index is -0.326. The lowest BCUT2D eigenvalue weighted by Crippen LogP contribution is -2.31. The van der Waals surface area contributed by atoms with E-state index in [0.717, 1.165) is 66.5 Å². The minimum Gasteiger partial charge on any atom is -0.404 e. The van der Waals surface area contributed by atoms with E-state index < -0.39 is 0 Å². The van der Waals surface area contributed by atoms with Crippen molar-refractivity contribution in [3.8, 4) is 0 Å². The molecule has 182 valence electrons. The number of carbonyl (C=O) groups excluding carboxylic acids is 1. The van der Waals surface area contributed by atoms with Crippen LogP contribution in [-0.4, -0.2) is 53.3 Å². The van der Waals surface area contributed by atoms with Crippen molar-refractivity contribution in [2.45, 2.75) is 38.5 Å². The number of fused-ring (bicyclic) bond motifs is 1. The molecular weight excluding hydrogens is 460 g/mol. The Balaban J connectivity index is 1.49. The molecule has 9 nitrogen and oxygen atoms in total. The molecule has 2 aliphatic rings. The Morgan fingerprint density at radius 3 is 2.34 bits per heavy atom. The first-order valence-electron chi connectivity index (χ1n) is 12.2. The average molecular weight is 491 g/mol. The van der Waals surface area contributed by atoms with Gasteiger partial charge < -0.3 is 26.3 Å². The molecule has 3 aromatic heterocycles. The van der Waals surface area contributed by atoms with Gasteiger partial charge in [-0.3, -0.25) is 4.79 Å². The zero-order chi connectivity index (χ0) is 24.2. The summed E-state index contributed by atoms with van der Waals surface area (Å²) >= 11 is 1.63. The fourth-order valence-corrected chi connectivity index (χ4v) is 5.62. The van der Waals surface area contributed by atoms with Gasteiger partial charge in [0.25, 0.3) is 5.91 Å². The highest BCUT2D eigenvalue weighted by atomic mass is 32.1. The van der Waals surface area contributed by atoms with Crippen LogP contribution in [0.5, 0.6) is 0 Å². The monoisotopic (exact) mass is 490 g/mol. The largest absolute Gasteiger partial charge is 0.404 e. The summed E-state index contributed by atoms with van der Waals surface area (Å²) in [6.45, 7) is 3.86. The Morgan fingerprint density at radius 1 is 0.971 bits per heavy atom. The van der Waals surface area contributed by atoms with Gasteiger partial charge in [-0.25, -0.2) is 9.97 Å². The van der Waals surface area contributed by atoms with Crippen molar-refractivity contribution >= 4 is 56.0 Å². The number of nitrogens with one attached hydrogen (secondary N) is 2. The molecule has 0 bridgehead atoms. The molecule has 4 N–H and O–H groups in total. The third-order valence-electron chi connectivity index (χ3n) is 6.49. The fourth-order valence-electron chi connectivity index (χ4n) is 4.62. The Kier molecular flexibility index (Phi) is 6.89. The Bertz CT molecular complexity index is 1260. The van der Waals surface area contributed by atoms with Crippen LogP contribution in [0.3, 0.4) is 0 Å². The second kappa shape index (κ2) is 10.4. The topological polar surface area (TPSA) is 124 Å². The van der Waals surface area contributed by atoms with Crippen LogP contribution in [0.1, 0.15) is 54.7 Å². The van der Waals surface area contributed by atoms with Crippen LogP contribution in [0, 0.1) is 5.41 Å². The lowest BCUT2D eigenvalue weighted by Gasteiger charge is -2.29. The van der Waals surface area contributed by atoms with Gasteiger partial charge in [-0.15, -0.1) is 0 Å². The standard InChI is InChI=1S/C25H30N8OS/c26-15-17(16-27)18-8-7-9-19(28-18)24(34)29-20-14-21-22(30-23(20)32-10-3-1-4-11-32)31-25(35-21)33-12-5-2-6-13-33/h7-9,14-16,26H,1-6,10-13,27H2,(H,29,34). The molecule has 5 heterocycles. The third kappa shape index (κ3) is 4.97. The quantitative estimate of drug-likeness (QED) is 0.441. The molecule has 5 rings (SSSR count). The highest BCUT2D eigenvalue weighted by molar-refractivity contribution is 7.22. The summed E-state index contributed by atoms with van der Waals surface area (Å²) < 4.78 is 0.959. The molecule has 1 amide bonds. The SMILES string of the molecule is N=CC(=CN)c1cccc(C(=O)Nc2cc3sc(N4CCCCC4)nc3nc2N2CCCCC2)n1. The summed E-state index contributed by atoms with van der Waals surface area (Å²) in [5, 5.41) is 11.6. The van der Waals surface area contributed by atoms with Crippen LogP contribution in [0.4, 0.5) is 16.6 Å². The van der Waals surface area contributed by atoms with Crippen molar-refractivity contribution in [1.29, 1.82) is 5.41 Å². The first kappa shape index (κ1) is 23.2. The zero-order valence-corrected chi connectivity index (χ0v) is 20.5. The van der Waals surface area contributed by atoms with Crippen LogP contribution in [0.2, 0.25) is 0 Å². The Labute approximate surface area is 208 Å². The molecular formula is C25H30N8OS. The number of nitrogens with zero attached hydrogens (tertiary/aromatic N) is 5. The van der Waals surface area contributed by atoms with Crippen molar-refractivity contribution in [2.24, 2.45) is 5.73 Å². The van der Waals surface area contributed by atoms with Crippen molar-refractivity contribution in [3.05, 3.63) is 41.9 Å². The summed E-state index contributed by atoms with van der Waals surface area (Å²) in [5.41, 5.74) is 8.19. The smallest absolute Gasteiger partial charge is 0.274 e. The van der Waals surface area contributed by atoms with E-state index in [1.807, 2.05) is 6.07 Å². The maximum atomic E-state index is 13.2. The molecule has 0 aliphatic carbocycles. The van der Waals surface area contributed by atoms with Crippen LogP contribution in [-0.2, 0) is 0 Å². The molecule has 2 aliphatic heterocycles. The second-order valence-electron chi connectivity index (χ2n) is 8.90. The predicted molar refractivity (Wildman–Crippen MR) is 143 cm³/mol. The molecule has 2 fully saturated rings. The molecule has 35 heavy (non-hydrogen) atoms. The van der Waals surface area contributed by atoms with Gasteiger partial charge in [-0.1, -0.05) is 17.4 Å². The lowest BCUT2D eigenvalue weighted by molar-refractivity contribution is 0.102. The number of rotatable bonds is 6. The lowest BCUT2D eigenvalue weighted by atomic mass is 10.1. The maximum Gasteiger partial charge on any atom is 0.274 e. The van der Waals surface area contributed by atoms with Crippen molar-refractivity contribution in [2.75, 3.05) is 41.3 Å². The van der Waals surface area contributed by atoms with Crippen LogP contribution >= 0.6 is 11.3 Å². The number of aromatic nitrogens is 3. The van der Waals surface area contributed by atoms with E-state index in [1.54, 1.807) is 29.5 Å². The number of thiazole rings is 1. The van der Waals surface area contributed by atoms with Gasteiger partial charge in [-0.05, 0) is 56.7 Å². The molecule has 2 saturated heterocycles. The predicted octanol–water partition coefficient (Wildman–Crippen LogP) is 4.27. The summed E-state index contributed by atoms with van der Waals surface area (Å²) in [6.07, 6.45) is 9.50. The molecule has 10 heteroatoms. The van der Waals surface area contributed by atoms with Gasteiger partial charge in [0.1, 0.15) is 5.69 Å². The van der Waals surface area contributed by atoms with Gasteiger partial charge >= 0.3 is 0 Å². The van der Waals surface area contributed by atoms with Gasteiger partial charge in [0, 0.05) is 44.2 Å². The molecule has 0 saturated carbocycles. The maximum absolute atomic E-state index is 13.2. The van der Waals surface area contributed by atoms with E-state index in [9.17, 15) is 4.79 Å². The van der Waals surface area contributed by atoms with Crippen molar-refractivity contribution in [1.82, 2.24) is 15.0 Å². The molecule has 0 atom stereocenters. The molecule has 0 aromatic carbocycles. The zero-order valence-electron chi connectivity index (χ0n) is 19.7. The Morgan fingerprint density at radius 2 is 1.66 bits per heavy atom. The number of hydrogen-bond donors (Lipinski definition) is 3. The number of nitrogens with two attached hydrogens (primary N) is 1. The van der Waals surface area contributed by atoms with Gasteiger partial charge in [0.15, 0.2) is 16.6 Å². The van der Waals surface area contributed by atoms with Crippen LogP contribution < -0.4 is 20.9 Å². The number of carbonyl (C=O) groups is 1. The summed E-state index contributed by atoms with van der Waals surface area (Å²) in [5.74, 6) is 0.438. The number of piperidine rings is 2. The van der Waals surface area contributed by atoms with Crippen LogP contribution in [0.25, 0.3) is 15.9 Å². The number of hydrogen-bond acceptors (Lipinski definition) is 9. The van der Waals surface area contributed by atoms with E-state index >= 15 is 0 Å². The van der Waals surface area contributed by atoms with Crippen molar-refractivity contribution < 1.29 is 4.79 Å². The van der Waals surface area contributed by atoms with E-state index in [1.165, 1.54) is 31.9 Å².